The van der Waals surface area contributed by atoms with E-state index in [0.29, 0.717) is 5.56 Å². The summed E-state index contributed by atoms with van der Waals surface area (Å²) in [5.74, 6) is -2.88. The van der Waals surface area contributed by atoms with Crippen molar-refractivity contribution in [3.8, 4) is 17.1 Å². The minimum absolute atomic E-state index is 0.218. The van der Waals surface area contributed by atoms with Gasteiger partial charge in [0.15, 0.2) is 0 Å². The summed E-state index contributed by atoms with van der Waals surface area (Å²) >= 11 is 0. The van der Waals surface area contributed by atoms with Gasteiger partial charge in [-0.15, -0.1) is 0 Å². The molecule has 1 heterocycles. The Morgan fingerprint density at radius 3 is 2.28 bits per heavy atom. The minimum Gasteiger partial charge on any atom is -0.507 e. The van der Waals surface area contributed by atoms with Crippen LogP contribution in [0.4, 0.5) is 0 Å². The molecule has 0 fully saturated rings. The molecule has 0 aliphatic rings. The first-order valence-corrected chi connectivity index (χ1v) is 4.89. The first kappa shape index (κ1) is 11.7. The summed E-state index contributed by atoms with van der Waals surface area (Å²) in [4.78, 5) is 21.5. The average molecular weight is 248 g/mol. The summed E-state index contributed by atoms with van der Waals surface area (Å²) in [6.45, 7) is 0. The third-order valence-electron chi connectivity index (χ3n) is 2.33. The van der Waals surface area contributed by atoms with Crippen LogP contribution in [-0.4, -0.2) is 27.3 Å². The largest absolute Gasteiger partial charge is 0.507 e. The number of aromatic hydroxyl groups is 1. The molecule has 0 radical (unpaired) electrons. The van der Waals surface area contributed by atoms with Gasteiger partial charge in [-0.1, -0.05) is 0 Å². The molecule has 2 aromatic rings. The molecule has 0 aliphatic heterocycles. The van der Waals surface area contributed by atoms with Crippen LogP contribution in [0.1, 0.15) is 20.9 Å². The second-order valence-electron chi connectivity index (χ2n) is 3.51. The van der Waals surface area contributed by atoms with Crippen LogP contribution in [0.25, 0.3) is 11.3 Å². The lowest BCUT2D eigenvalue weighted by Crippen LogP contribution is -1.96. The van der Waals surface area contributed by atoms with Crippen LogP contribution in [0.3, 0.4) is 0 Å². The van der Waals surface area contributed by atoms with Crippen molar-refractivity contribution >= 4 is 11.9 Å². The molecule has 6 nitrogen and oxygen atoms in total. The smallest absolute Gasteiger partial charge is 0.371 e. The third kappa shape index (κ3) is 2.03. The van der Waals surface area contributed by atoms with Gasteiger partial charge in [-0.05, 0) is 30.3 Å². The number of aromatic carboxylic acids is 2. The Kier molecular flexibility index (Phi) is 2.77. The maximum Gasteiger partial charge on any atom is 0.371 e. The van der Waals surface area contributed by atoms with Crippen molar-refractivity contribution in [2.24, 2.45) is 0 Å². The molecule has 0 atom stereocenters. The fourth-order valence-electron chi connectivity index (χ4n) is 1.47. The number of benzene rings is 1. The van der Waals surface area contributed by atoms with E-state index in [0.717, 1.165) is 0 Å². The van der Waals surface area contributed by atoms with E-state index in [4.69, 9.17) is 14.6 Å². The zero-order valence-electron chi connectivity index (χ0n) is 8.95. The number of carboxylic acids is 2. The van der Waals surface area contributed by atoms with E-state index >= 15 is 0 Å². The Morgan fingerprint density at radius 1 is 1.00 bits per heavy atom. The lowest BCUT2D eigenvalue weighted by atomic mass is 10.1. The number of hydrogen-bond acceptors (Lipinski definition) is 4. The topological polar surface area (TPSA) is 108 Å². The third-order valence-corrected chi connectivity index (χ3v) is 2.33. The first-order chi connectivity index (χ1) is 8.49. The highest BCUT2D eigenvalue weighted by atomic mass is 16.4. The molecule has 18 heavy (non-hydrogen) atoms. The summed E-state index contributed by atoms with van der Waals surface area (Å²) in [7, 11) is 0. The van der Waals surface area contributed by atoms with Crippen molar-refractivity contribution in [3.63, 3.8) is 0 Å². The van der Waals surface area contributed by atoms with Crippen LogP contribution >= 0.6 is 0 Å². The Hall–Kier alpha value is -2.76. The van der Waals surface area contributed by atoms with Crippen LogP contribution in [0.2, 0.25) is 0 Å². The van der Waals surface area contributed by atoms with Crippen molar-refractivity contribution in [1.82, 2.24) is 0 Å². The Balaban J connectivity index is 2.47. The molecule has 0 bridgehead atoms. The standard InChI is InChI=1S/C12H8O6/c13-8-2-1-6(5-7(8)11(14)15)9-3-4-10(18-9)12(16)17/h1-5,13H,(H,14,15)(H,16,17). The second-order valence-corrected chi connectivity index (χ2v) is 3.51. The number of phenols is 1. The van der Waals surface area contributed by atoms with E-state index in [1.54, 1.807) is 0 Å². The molecule has 0 spiro atoms. The number of furan rings is 1. The number of carboxylic acid groups (broad SMARTS) is 2. The molecule has 0 amide bonds. The molecule has 1 aromatic heterocycles. The van der Waals surface area contributed by atoms with Gasteiger partial charge in [0.05, 0.1) is 0 Å². The molecular formula is C12H8O6. The second kappa shape index (κ2) is 4.25. The fraction of sp³-hybridized carbons (Fsp3) is 0. The molecule has 0 saturated heterocycles. The zero-order valence-corrected chi connectivity index (χ0v) is 8.95. The average Bonchev–Trinajstić information content (AvgIpc) is 2.78. The SMILES string of the molecule is O=C(O)c1ccc(-c2ccc(O)c(C(=O)O)c2)o1. The lowest BCUT2D eigenvalue weighted by molar-refractivity contribution is 0.0659. The molecule has 0 aliphatic carbocycles. The summed E-state index contributed by atoms with van der Waals surface area (Å²) in [5.41, 5.74) is 0.0958. The first-order valence-electron chi connectivity index (χ1n) is 4.89. The maximum absolute atomic E-state index is 10.8. The molecular weight excluding hydrogens is 240 g/mol. The van der Waals surface area contributed by atoms with Crippen LogP contribution in [0.5, 0.6) is 5.75 Å². The summed E-state index contributed by atoms with van der Waals surface area (Å²) in [5, 5.41) is 26.9. The molecule has 92 valence electrons. The molecule has 3 N–H and O–H groups in total. The van der Waals surface area contributed by atoms with Gasteiger partial charge in [-0.25, -0.2) is 9.59 Å². The van der Waals surface area contributed by atoms with Crippen molar-refractivity contribution in [2.75, 3.05) is 0 Å². The molecule has 6 heteroatoms. The quantitative estimate of drug-likeness (QED) is 0.767. The highest BCUT2D eigenvalue weighted by molar-refractivity contribution is 5.92. The van der Waals surface area contributed by atoms with E-state index in [9.17, 15) is 14.7 Å². The van der Waals surface area contributed by atoms with Gasteiger partial charge in [0, 0.05) is 5.56 Å². The number of rotatable bonds is 3. The van der Waals surface area contributed by atoms with Gasteiger partial charge in [-0.3, -0.25) is 0 Å². The summed E-state index contributed by atoms with van der Waals surface area (Å²) in [6.07, 6.45) is 0. The van der Waals surface area contributed by atoms with E-state index in [2.05, 4.69) is 0 Å². The summed E-state index contributed by atoms with van der Waals surface area (Å²) < 4.78 is 5.03. The van der Waals surface area contributed by atoms with Gasteiger partial charge >= 0.3 is 11.9 Å². The number of hydrogen-bond donors (Lipinski definition) is 3. The van der Waals surface area contributed by atoms with Gasteiger partial charge in [0.25, 0.3) is 0 Å². The van der Waals surface area contributed by atoms with Gasteiger partial charge in [0.2, 0.25) is 5.76 Å². The van der Waals surface area contributed by atoms with Crippen LogP contribution < -0.4 is 0 Å². The van der Waals surface area contributed by atoms with Crippen LogP contribution in [0.15, 0.2) is 34.7 Å². The maximum atomic E-state index is 10.8. The van der Waals surface area contributed by atoms with Gasteiger partial charge < -0.3 is 19.7 Å². The summed E-state index contributed by atoms with van der Waals surface area (Å²) in [6, 6.07) is 6.54. The van der Waals surface area contributed by atoms with E-state index < -0.39 is 11.9 Å². The lowest BCUT2D eigenvalue weighted by Gasteiger charge is -2.02. The molecule has 1 aromatic carbocycles. The molecule has 0 unspecified atom stereocenters. The minimum atomic E-state index is -1.28. The number of carbonyl (C=O) groups is 2. The molecule has 2 rings (SSSR count). The van der Waals surface area contributed by atoms with Crippen molar-refractivity contribution in [1.29, 1.82) is 0 Å². The molecule has 0 saturated carbocycles. The zero-order chi connectivity index (χ0) is 13.3. The van der Waals surface area contributed by atoms with Crippen LogP contribution in [0, 0.1) is 0 Å². The van der Waals surface area contributed by atoms with Crippen molar-refractivity contribution in [2.45, 2.75) is 0 Å². The predicted molar refractivity (Wildman–Crippen MR) is 59.7 cm³/mol. The highest BCUT2D eigenvalue weighted by Gasteiger charge is 2.14. The van der Waals surface area contributed by atoms with Crippen LogP contribution in [-0.2, 0) is 0 Å². The van der Waals surface area contributed by atoms with Gasteiger partial charge in [-0.2, -0.15) is 0 Å². The van der Waals surface area contributed by atoms with E-state index in [-0.39, 0.29) is 22.8 Å². The monoisotopic (exact) mass is 248 g/mol. The fourth-order valence-corrected chi connectivity index (χ4v) is 1.47. The Labute approximate surface area is 101 Å². The van der Waals surface area contributed by atoms with Crippen molar-refractivity contribution in [3.05, 3.63) is 41.7 Å². The van der Waals surface area contributed by atoms with E-state index in [1.807, 2.05) is 0 Å². The normalized spacial score (nSPS) is 10.2. The van der Waals surface area contributed by atoms with Gasteiger partial charge in [0.1, 0.15) is 17.1 Å². The Bertz CT molecular complexity index is 625. The van der Waals surface area contributed by atoms with Crippen molar-refractivity contribution < 1.29 is 29.3 Å². The highest BCUT2D eigenvalue weighted by Crippen LogP contribution is 2.27. The predicted octanol–water partition coefficient (Wildman–Crippen LogP) is 2.05. The Morgan fingerprint density at radius 2 is 1.72 bits per heavy atom. The van der Waals surface area contributed by atoms with E-state index in [1.165, 1.54) is 30.3 Å².